The van der Waals surface area contributed by atoms with Crippen LogP contribution >= 0.6 is 0 Å². The van der Waals surface area contributed by atoms with Crippen LogP contribution in [-0.2, 0) is 21.4 Å². The number of nitrogens with one attached hydrogen (secondary N) is 2. The van der Waals surface area contributed by atoms with Crippen molar-refractivity contribution in [1.29, 1.82) is 0 Å². The number of carbonyl (C=O) groups excluding carboxylic acids is 1. The molecule has 0 aliphatic heterocycles. The van der Waals surface area contributed by atoms with Gasteiger partial charge in [0.2, 0.25) is 10.0 Å². The van der Waals surface area contributed by atoms with Crippen molar-refractivity contribution in [3.63, 3.8) is 0 Å². The van der Waals surface area contributed by atoms with Crippen LogP contribution in [0.15, 0.2) is 24.3 Å². The molecule has 0 atom stereocenters. The van der Waals surface area contributed by atoms with E-state index < -0.39 is 10.0 Å². The molecule has 0 unspecified atom stereocenters. The highest BCUT2D eigenvalue weighted by Gasteiger charge is 2.09. The van der Waals surface area contributed by atoms with E-state index in [9.17, 15) is 13.2 Å². The van der Waals surface area contributed by atoms with Crippen LogP contribution in [0.3, 0.4) is 0 Å². The van der Waals surface area contributed by atoms with Crippen LogP contribution in [0, 0.1) is 0 Å². The number of amides is 1. The summed E-state index contributed by atoms with van der Waals surface area (Å²) in [6, 6.07) is 7.09. The number of nitrogens with two attached hydrogens (primary N) is 1. The van der Waals surface area contributed by atoms with E-state index in [4.69, 9.17) is 10.5 Å². The van der Waals surface area contributed by atoms with E-state index >= 15 is 0 Å². The quantitative estimate of drug-likeness (QED) is 0.573. The van der Waals surface area contributed by atoms with Crippen LogP contribution in [0.2, 0.25) is 0 Å². The van der Waals surface area contributed by atoms with Gasteiger partial charge in [-0.3, -0.25) is 4.79 Å². The molecule has 0 aromatic heterocycles. The third kappa shape index (κ3) is 7.07. The highest BCUT2D eigenvalue weighted by atomic mass is 32.2. The third-order valence-corrected chi connectivity index (χ3v) is 4.06. The fourth-order valence-electron chi connectivity index (χ4n) is 1.54. The van der Waals surface area contributed by atoms with Gasteiger partial charge in [0.05, 0.1) is 5.75 Å². The van der Waals surface area contributed by atoms with Crippen LogP contribution in [0.25, 0.3) is 0 Å². The lowest BCUT2D eigenvalue weighted by Gasteiger charge is -2.08. The van der Waals surface area contributed by atoms with Crippen molar-refractivity contribution < 1.29 is 17.9 Å². The summed E-state index contributed by atoms with van der Waals surface area (Å²) in [5.74, 6) is 0.0323. The molecule has 0 heterocycles. The number of carbonyl (C=O) groups is 1. The van der Waals surface area contributed by atoms with Crippen molar-refractivity contribution in [2.24, 2.45) is 5.73 Å². The lowest BCUT2D eigenvalue weighted by Crippen LogP contribution is -2.36. The Kier molecular flexibility index (Phi) is 7.13. The molecule has 8 heteroatoms. The highest BCUT2D eigenvalue weighted by Crippen LogP contribution is 2.11. The number of ether oxygens (including phenoxy) is 1. The van der Waals surface area contributed by atoms with Crippen molar-refractivity contribution in [1.82, 2.24) is 10.0 Å². The second kappa shape index (κ2) is 8.60. The minimum absolute atomic E-state index is 0.0453. The van der Waals surface area contributed by atoms with Crippen molar-refractivity contribution in [3.05, 3.63) is 29.8 Å². The first-order chi connectivity index (χ1) is 9.96. The zero-order chi connectivity index (χ0) is 15.7. The Morgan fingerprint density at radius 1 is 1.29 bits per heavy atom. The number of hydrogen-bond donors (Lipinski definition) is 3. The predicted octanol–water partition coefficient (Wildman–Crippen LogP) is -0.420. The van der Waals surface area contributed by atoms with Gasteiger partial charge in [0.15, 0.2) is 6.61 Å². The number of benzene rings is 1. The molecule has 0 bridgehead atoms. The van der Waals surface area contributed by atoms with Crippen LogP contribution < -0.4 is 20.5 Å². The first-order valence-electron chi connectivity index (χ1n) is 6.62. The van der Waals surface area contributed by atoms with Gasteiger partial charge in [0.25, 0.3) is 5.91 Å². The maximum absolute atomic E-state index is 11.5. The van der Waals surface area contributed by atoms with E-state index in [2.05, 4.69) is 10.0 Å². The van der Waals surface area contributed by atoms with Crippen molar-refractivity contribution in [2.45, 2.75) is 13.5 Å². The third-order valence-electron chi connectivity index (χ3n) is 2.59. The smallest absolute Gasteiger partial charge is 0.257 e. The number of hydrogen-bond acceptors (Lipinski definition) is 5. The van der Waals surface area contributed by atoms with E-state index in [1.54, 1.807) is 19.1 Å². The van der Waals surface area contributed by atoms with Gasteiger partial charge in [0.1, 0.15) is 5.75 Å². The summed E-state index contributed by atoms with van der Waals surface area (Å²) in [7, 11) is -3.32. The molecule has 0 saturated carbocycles. The summed E-state index contributed by atoms with van der Waals surface area (Å²) in [5, 5.41) is 2.49. The molecular weight excluding hydrogens is 294 g/mol. The molecule has 0 aliphatic rings. The van der Waals surface area contributed by atoms with Crippen LogP contribution in [0.1, 0.15) is 12.5 Å². The Bertz CT molecular complexity index is 543. The molecule has 1 amide bonds. The van der Waals surface area contributed by atoms with Gasteiger partial charge in [-0.05, 0) is 17.7 Å². The summed E-state index contributed by atoms with van der Waals surface area (Å²) >= 11 is 0. The lowest BCUT2D eigenvalue weighted by atomic mass is 10.2. The lowest BCUT2D eigenvalue weighted by molar-refractivity contribution is -0.122. The van der Waals surface area contributed by atoms with Crippen molar-refractivity contribution in [2.75, 3.05) is 25.4 Å². The van der Waals surface area contributed by atoms with E-state index in [0.29, 0.717) is 18.8 Å². The van der Waals surface area contributed by atoms with Crippen LogP contribution in [-0.4, -0.2) is 39.8 Å². The zero-order valence-electron chi connectivity index (χ0n) is 12.0. The number of sulfonamides is 1. The van der Waals surface area contributed by atoms with Crippen LogP contribution in [0.5, 0.6) is 5.75 Å². The summed E-state index contributed by atoms with van der Waals surface area (Å²) < 4.78 is 30.3. The van der Waals surface area contributed by atoms with Gasteiger partial charge in [-0.25, -0.2) is 13.1 Å². The molecule has 118 valence electrons. The molecule has 0 fully saturated rings. The molecule has 1 aromatic rings. The minimum atomic E-state index is -3.32. The topological polar surface area (TPSA) is 111 Å². The zero-order valence-corrected chi connectivity index (χ0v) is 12.8. The molecule has 0 radical (unpaired) electrons. The van der Waals surface area contributed by atoms with E-state index in [0.717, 1.165) is 5.56 Å². The summed E-state index contributed by atoms with van der Waals surface area (Å²) in [6.07, 6.45) is 0. The molecule has 1 rings (SSSR count). The van der Waals surface area contributed by atoms with Crippen molar-refractivity contribution >= 4 is 15.9 Å². The van der Waals surface area contributed by atoms with E-state index in [1.165, 1.54) is 0 Å². The van der Waals surface area contributed by atoms with E-state index in [-0.39, 0.29) is 24.8 Å². The molecule has 21 heavy (non-hydrogen) atoms. The Morgan fingerprint density at radius 3 is 2.52 bits per heavy atom. The maximum atomic E-state index is 11.5. The highest BCUT2D eigenvalue weighted by molar-refractivity contribution is 7.89. The molecule has 1 aromatic carbocycles. The van der Waals surface area contributed by atoms with Gasteiger partial charge < -0.3 is 15.8 Å². The van der Waals surface area contributed by atoms with Gasteiger partial charge >= 0.3 is 0 Å². The van der Waals surface area contributed by atoms with Gasteiger partial charge in [-0.2, -0.15) is 0 Å². The van der Waals surface area contributed by atoms with Crippen molar-refractivity contribution in [3.8, 4) is 5.75 Å². The standard InChI is InChI=1S/C13H21N3O4S/c1-2-16-21(18,19)8-7-15-13(17)10-20-12-5-3-11(9-14)4-6-12/h3-6,16H,2,7-10,14H2,1H3,(H,15,17). The molecule has 4 N–H and O–H groups in total. The Hall–Kier alpha value is -1.64. The Morgan fingerprint density at radius 2 is 1.95 bits per heavy atom. The average molecular weight is 315 g/mol. The number of rotatable bonds is 9. The SMILES string of the molecule is CCNS(=O)(=O)CCNC(=O)COc1ccc(CN)cc1. The largest absolute Gasteiger partial charge is 0.484 e. The monoisotopic (exact) mass is 315 g/mol. The minimum Gasteiger partial charge on any atom is -0.484 e. The van der Waals surface area contributed by atoms with Gasteiger partial charge in [-0.15, -0.1) is 0 Å². The van der Waals surface area contributed by atoms with E-state index in [1.807, 2.05) is 12.1 Å². The Balaban J connectivity index is 2.27. The first-order valence-corrected chi connectivity index (χ1v) is 8.28. The average Bonchev–Trinajstić information content (AvgIpc) is 2.45. The normalized spacial score (nSPS) is 11.1. The fraction of sp³-hybridized carbons (Fsp3) is 0.462. The summed E-state index contributed by atoms with van der Waals surface area (Å²) in [5.41, 5.74) is 6.45. The van der Waals surface area contributed by atoms with Crippen LogP contribution in [0.4, 0.5) is 0 Å². The molecular formula is C13H21N3O4S. The second-order valence-corrected chi connectivity index (χ2v) is 6.23. The summed E-state index contributed by atoms with van der Waals surface area (Å²) in [6.45, 7) is 2.35. The molecule has 0 aliphatic carbocycles. The molecule has 0 saturated heterocycles. The first kappa shape index (κ1) is 17.4. The predicted molar refractivity (Wildman–Crippen MR) is 80.3 cm³/mol. The second-order valence-electron chi connectivity index (χ2n) is 4.30. The fourth-order valence-corrected chi connectivity index (χ4v) is 2.49. The van der Waals surface area contributed by atoms with Gasteiger partial charge in [-0.1, -0.05) is 19.1 Å². The van der Waals surface area contributed by atoms with Gasteiger partial charge in [0, 0.05) is 19.6 Å². The maximum Gasteiger partial charge on any atom is 0.257 e. The molecule has 7 nitrogen and oxygen atoms in total. The molecule has 0 spiro atoms. The summed E-state index contributed by atoms with van der Waals surface area (Å²) in [4.78, 5) is 11.5. The Labute approximate surface area is 124 Å².